The van der Waals surface area contributed by atoms with Gasteiger partial charge in [-0.2, -0.15) is 11.8 Å². The minimum Gasteiger partial charge on any atom is -0.480 e. The molecule has 0 heterocycles. The summed E-state index contributed by atoms with van der Waals surface area (Å²) in [6, 6.07) is 19.9. The van der Waals surface area contributed by atoms with Crippen LogP contribution < -0.4 is 5.32 Å². The van der Waals surface area contributed by atoms with Crippen molar-refractivity contribution >= 4 is 35.2 Å². The Bertz CT molecular complexity index is 1130. The molecule has 34 heavy (non-hydrogen) atoms. The molecule has 0 bridgehead atoms. The molecule has 7 heteroatoms. The monoisotopic (exact) mass is 497 g/mol. The number of halogens is 1. The van der Waals surface area contributed by atoms with E-state index in [1.165, 1.54) is 0 Å². The van der Waals surface area contributed by atoms with E-state index in [1.54, 1.807) is 17.8 Å². The first-order valence-electron chi connectivity index (χ1n) is 10.9. The van der Waals surface area contributed by atoms with Gasteiger partial charge in [-0.15, -0.1) is 0 Å². The fourth-order valence-electron chi connectivity index (χ4n) is 3.57. The molecular formula is C27H28ClNO4S. The Morgan fingerprint density at radius 3 is 2.35 bits per heavy atom. The van der Waals surface area contributed by atoms with Crippen LogP contribution in [0.1, 0.15) is 33.5 Å². The number of benzene rings is 3. The molecule has 0 fully saturated rings. The number of hydrogen-bond donors (Lipinski definition) is 2. The first-order valence-corrected chi connectivity index (χ1v) is 12.7. The van der Waals surface area contributed by atoms with E-state index in [0.717, 1.165) is 27.8 Å². The first kappa shape index (κ1) is 25.8. The summed E-state index contributed by atoms with van der Waals surface area (Å²) in [6.45, 7) is 2.79. The third-order valence-corrected chi connectivity index (χ3v) is 6.32. The minimum atomic E-state index is -1.04. The molecule has 1 amide bonds. The maximum Gasteiger partial charge on any atom is 0.326 e. The van der Waals surface area contributed by atoms with E-state index in [1.807, 2.05) is 73.8 Å². The van der Waals surface area contributed by atoms with Gasteiger partial charge in [-0.1, -0.05) is 54.1 Å². The van der Waals surface area contributed by atoms with E-state index in [-0.39, 0.29) is 0 Å². The van der Waals surface area contributed by atoms with Crippen molar-refractivity contribution in [3.05, 3.63) is 94.0 Å². The van der Waals surface area contributed by atoms with E-state index < -0.39 is 17.9 Å². The fourth-order valence-corrected chi connectivity index (χ4v) is 4.17. The van der Waals surface area contributed by atoms with Gasteiger partial charge in [0.1, 0.15) is 6.04 Å². The molecule has 0 unspecified atom stereocenters. The molecule has 178 valence electrons. The highest BCUT2D eigenvalue weighted by atomic mass is 35.5. The van der Waals surface area contributed by atoms with E-state index >= 15 is 0 Å². The lowest BCUT2D eigenvalue weighted by Gasteiger charge is -2.17. The van der Waals surface area contributed by atoms with E-state index in [2.05, 4.69) is 5.32 Å². The number of carboxylic acids is 1. The minimum absolute atomic E-state index is 0.360. The number of carbonyl (C=O) groups excluding carboxylic acids is 1. The van der Waals surface area contributed by atoms with Crippen molar-refractivity contribution in [2.24, 2.45) is 0 Å². The highest BCUT2D eigenvalue weighted by Gasteiger charge is 2.22. The van der Waals surface area contributed by atoms with Gasteiger partial charge in [0.05, 0.1) is 13.2 Å². The zero-order chi connectivity index (χ0) is 24.5. The number of carbonyl (C=O) groups is 2. The molecule has 0 saturated carbocycles. The predicted octanol–water partition coefficient (Wildman–Crippen LogP) is 5.97. The van der Waals surface area contributed by atoms with E-state index in [4.69, 9.17) is 16.3 Å². The van der Waals surface area contributed by atoms with Crippen LogP contribution in [0, 0.1) is 6.92 Å². The van der Waals surface area contributed by atoms with Gasteiger partial charge >= 0.3 is 5.97 Å². The molecule has 1 atom stereocenters. The van der Waals surface area contributed by atoms with Crippen molar-refractivity contribution in [2.45, 2.75) is 32.6 Å². The molecule has 0 aliphatic rings. The number of rotatable bonds is 11. The topological polar surface area (TPSA) is 75.6 Å². The van der Waals surface area contributed by atoms with Crippen molar-refractivity contribution in [1.82, 2.24) is 5.32 Å². The lowest BCUT2D eigenvalue weighted by Crippen LogP contribution is -2.41. The molecule has 0 aliphatic carbocycles. The van der Waals surface area contributed by atoms with Crippen molar-refractivity contribution in [1.29, 1.82) is 0 Å². The maximum atomic E-state index is 13.1. The van der Waals surface area contributed by atoms with Crippen LogP contribution in [-0.2, 0) is 22.7 Å². The summed E-state index contributed by atoms with van der Waals surface area (Å²) in [5, 5.41) is 12.9. The summed E-state index contributed by atoms with van der Waals surface area (Å²) in [5.41, 5.74) is 5.06. The predicted molar refractivity (Wildman–Crippen MR) is 138 cm³/mol. The largest absolute Gasteiger partial charge is 0.480 e. The van der Waals surface area contributed by atoms with Gasteiger partial charge in [0.15, 0.2) is 0 Å². The van der Waals surface area contributed by atoms with Gasteiger partial charge in [-0.25, -0.2) is 4.79 Å². The zero-order valence-corrected chi connectivity index (χ0v) is 20.8. The zero-order valence-electron chi connectivity index (χ0n) is 19.2. The number of aryl methyl sites for hydroxylation is 1. The summed E-state index contributed by atoms with van der Waals surface area (Å²) in [6.07, 6.45) is 2.27. The molecule has 0 spiro atoms. The van der Waals surface area contributed by atoms with Gasteiger partial charge in [0.25, 0.3) is 5.91 Å². The molecule has 0 aromatic heterocycles. The molecule has 0 radical (unpaired) electrons. The number of ether oxygens (including phenoxy) is 1. The number of hydrogen-bond acceptors (Lipinski definition) is 4. The summed E-state index contributed by atoms with van der Waals surface area (Å²) >= 11 is 7.48. The Morgan fingerprint density at radius 1 is 1.00 bits per heavy atom. The Morgan fingerprint density at radius 2 is 1.68 bits per heavy atom. The third-order valence-electron chi connectivity index (χ3n) is 5.43. The summed E-state index contributed by atoms with van der Waals surface area (Å²) in [4.78, 5) is 24.8. The third kappa shape index (κ3) is 7.10. The number of nitrogens with one attached hydrogen (secondary N) is 1. The number of aliphatic carboxylic acids is 1. The molecule has 5 nitrogen and oxygen atoms in total. The number of thioether (sulfide) groups is 1. The van der Waals surface area contributed by atoms with Gasteiger partial charge in [-0.05, 0) is 77.4 Å². The normalized spacial score (nSPS) is 11.7. The van der Waals surface area contributed by atoms with E-state index in [0.29, 0.717) is 36.0 Å². The maximum absolute atomic E-state index is 13.1. The smallest absolute Gasteiger partial charge is 0.326 e. The average Bonchev–Trinajstić information content (AvgIpc) is 2.83. The molecule has 0 aliphatic heterocycles. The molecule has 2 N–H and O–H groups in total. The Labute approximate surface area is 209 Å². The van der Waals surface area contributed by atoms with E-state index in [9.17, 15) is 14.7 Å². The second-order valence-corrected chi connectivity index (χ2v) is 9.38. The SMILES string of the molecule is CSCC[C@H](NC(=O)c1ccc(COCc2ccc(Cl)cc2)cc1-c1ccccc1C)C(=O)O. The molecule has 3 aromatic rings. The summed E-state index contributed by atoms with van der Waals surface area (Å²) in [5.74, 6) is -0.793. The summed E-state index contributed by atoms with van der Waals surface area (Å²) in [7, 11) is 0. The Hall–Kier alpha value is -2.80. The van der Waals surface area contributed by atoms with Crippen LogP contribution in [0.5, 0.6) is 0 Å². The van der Waals surface area contributed by atoms with Crippen molar-refractivity contribution < 1.29 is 19.4 Å². The lowest BCUT2D eigenvalue weighted by atomic mass is 9.93. The van der Waals surface area contributed by atoms with Gasteiger partial charge < -0.3 is 15.2 Å². The van der Waals surface area contributed by atoms with Crippen molar-refractivity contribution in [2.75, 3.05) is 12.0 Å². The Balaban J connectivity index is 1.84. The second-order valence-electron chi connectivity index (χ2n) is 7.96. The first-order chi connectivity index (χ1) is 16.4. The fraction of sp³-hybridized carbons (Fsp3) is 0.259. The Kier molecular flexibility index (Phi) is 9.57. The average molecular weight is 498 g/mol. The van der Waals surface area contributed by atoms with Gasteiger partial charge in [0.2, 0.25) is 0 Å². The second kappa shape index (κ2) is 12.6. The van der Waals surface area contributed by atoms with Crippen LogP contribution in [0.15, 0.2) is 66.7 Å². The van der Waals surface area contributed by atoms with Crippen molar-refractivity contribution in [3.8, 4) is 11.1 Å². The van der Waals surface area contributed by atoms with Crippen LogP contribution >= 0.6 is 23.4 Å². The molecular weight excluding hydrogens is 470 g/mol. The van der Waals surface area contributed by atoms with Crippen LogP contribution in [0.3, 0.4) is 0 Å². The van der Waals surface area contributed by atoms with Gasteiger partial charge in [-0.3, -0.25) is 4.79 Å². The van der Waals surface area contributed by atoms with Crippen LogP contribution in [0.2, 0.25) is 5.02 Å². The number of amides is 1. The van der Waals surface area contributed by atoms with Crippen LogP contribution in [-0.4, -0.2) is 35.0 Å². The van der Waals surface area contributed by atoms with Crippen molar-refractivity contribution in [3.63, 3.8) is 0 Å². The summed E-state index contributed by atoms with van der Waals surface area (Å²) < 4.78 is 5.88. The molecule has 3 rings (SSSR count). The lowest BCUT2D eigenvalue weighted by molar-refractivity contribution is -0.139. The number of carboxylic acid groups (broad SMARTS) is 1. The van der Waals surface area contributed by atoms with Gasteiger partial charge in [0, 0.05) is 10.6 Å². The van der Waals surface area contributed by atoms with Crippen LogP contribution in [0.4, 0.5) is 0 Å². The molecule has 3 aromatic carbocycles. The highest BCUT2D eigenvalue weighted by molar-refractivity contribution is 7.98. The highest BCUT2D eigenvalue weighted by Crippen LogP contribution is 2.29. The standard InChI is InChI=1S/C27H28ClNO4S/c1-18-5-3-4-6-22(18)24-15-20(17-33-16-19-7-10-21(28)11-8-19)9-12-23(24)26(30)29-25(27(31)32)13-14-34-2/h3-12,15,25H,13-14,16-17H2,1-2H3,(H,29,30)(H,31,32)/t25-/m0/s1. The van der Waals surface area contributed by atoms with Crippen LogP contribution in [0.25, 0.3) is 11.1 Å². The quantitative estimate of drug-likeness (QED) is 0.341. The molecule has 0 saturated heterocycles.